The number of benzene rings is 3. The highest BCUT2D eigenvalue weighted by Crippen LogP contribution is 2.37. The second-order valence-electron chi connectivity index (χ2n) is 7.17. The van der Waals surface area contributed by atoms with Gasteiger partial charge < -0.3 is 19.9 Å². The topological polar surface area (TPSA) is 90.4 Å². The molecule has 0 amide bonds. The molecule has 0 aliphatic rings. The lowest BCUT2D eigenvalue weighted by Gasteiger charge is -2.14. The lowest BCUT2D eigenvalue weighted by Crippen LogP contribution is -2.00. The van der Waals surface area contributed by atoms with Crippen LogP contribution in [0.4, 0.5) is 5.82 Å². The number of nitrogen functional groups attached to an aromatic ring is 1. The van der Waals surface area contributed by atoms with Crippen LogP contribution in [0.3, 0.4) is 0 Å². The molecule has 0 saturated carbocycles. The lowest BCUT2D eigenvalue weighted by molar-refractivity contribution is 0.311. The summed E-state index contributed by atoms with van der Waals surface area (Å²) in [7, 11) is 1.58. The molecule has 0 bridgehead atoms. The first-order valence-electron chi connectivity index (χ1n) is 10.5. The number of rotatable bonds is 7. The fourth-order valence-electron chi connectivity index (χ4n) is 3.49. The molecule has 0 fully saturated rings. The standard InChI is InChI=1S/C27H23N3O3/c1-3-32-25-14-11-19(15-26(25)31-2)22-16-24(30-27(29)23(22)17-28)18-9-12-21(13-10-18)33-20-7-5-4-6-8-20/h4-16H,3H2,1-2H3,(H2,29,30). The molecule has 0 aliphatic heterocycles. The van der Waals surface area contributed by atoms with Gasteiger partial charge in [0.05, 0.1) is 19.4 Å². The normalized spacial score (nSPS) is 10.3. The SMILES string of the molecule is CCOc1ccc(-c2cc(-c3ccc(Oc4ccccc4)cc3)nc(N)c2C#N)cc1OC. The summed E-state index contributed by atoms with van der Waals surface area (Å²) in [6.07, 6.45) is 0. The maximum absolute atomic E-state index is 9.72. The van der Waals surface area contributed by atoms with E-state index in [9.17, 15) is 5.26 Å². The van der Waals surface area contributed by atoms with E-state index in [0.717, 1.165) is 16.9 Å². The molecular formula is C27H23N3O3. The highest BCUT2D eigenvalue weighted by molar-refractivity contribution is 5.81. The third-order valence-electron chi connectivity index (χ3n) is 5.06. The van der Waals surface area contributed by atoms with Crippen molar-refractivity contribution in [3.8, 4) is 51.5 Å². The van der Waals surface area contributed by atoms with E-state index in [0.29, 0.717) is 40.7 Å². The van der Waals surface area contributed by atoms with Crippen molar-refractivity contribution in [3.05, 3.63) is 84.4 Å². The molecule has 33 heavy (non-hydrogen) atoms. The molecule has 2 N–H and O–H groups in total. The summed E-state index contributed by atoms with van der Waals surface area (Å²) in [5, 5.41) is 9.72. The third-order valence-corrected chi connectivity index (χ3v) is 5.06. The Balaban J connectivity index is 1.71. The minimum absolute atomic E-state index is 0.169. The van der Waals surface area contributed by atoms with E-state index in [-0.39, 0.29) is 5.82 Å². The molecular weight excluding hydrogens is 414 g/mol. The van der Waals surface area contributed by atoms with E-state index in [1.165, 1.54) is 0 Å². The highest BCUT2D eigenvalue weighted by Gasteiger charge is 2.16. The van der Waals surface area contributed by atoms with Gasteiger partial charge in [-0.15, -0.1) is 0 Å². The van der Waals surface area contributed by atoms with Gasteiger partial charge >= 0.3 is 0 Å². The quantitative estimate of drug-likeness (QED) is 0.377. The van der Waals surface area contributed by atoms with Crippen LogP contribution in [0.5, 0.6) is 23.0 Å². The van der Waals surface area contributed by atoms with Crippen molar-refractivity contribution >= 4 is 5.82 Å². The molecule has 0 spiro atoms. The van der Waals surface area contributed by atoms with Gasteiger partial charge in [0, 0.05) is 11.1 Å². The van der Waals surface area contributed by atoms with Crippen LogP contribution < -0.4 is 19.9 Å². The van der Waals surface area contributed by atoms with Crippen molar-refractivity contribution in [2.75, 3.05) is 19.5 Å². The smallest absolute Gasteiger partial charge is 0.161 e. The van der Waals surface area contributed by atoms with Gasteiger partial charge in [-0.05, 0) is 67.1 Å². The van der Waals surface area contributed by atoms with Gasteiger partial charge in [-0.1, -0.05) is 24.3 Å². The number of hydrogen-bond acceptors (Lipinski definition) is 6. The predicted octanol–water partition coefficient (Wildman–Crippen LogP) is 6.07. The summed E-state index contributed by atoms with van der Waals surface area (Å²) < 4.78 is 16.9. The molecule has 1 heterocycles. The van der Waals surface area contributed by atoms with Crippen molar-refractivity contribution < 1.29 is 14.2 Å². The van der Waals surface area contributed by atoms with Gasteiger partial charge in [-0.3, -0.25) is 0 Å². The number of nitrogens with two attached hydrogens (primary N) is 1. The molecule has 3 aromatic carbocycles. The van der Waals surface area contributed by atoms with Crippen LogP contribution in [0.2, 0.25) is 0 Å². The number of methoxy groups -OCH3 is 1. The minimum Gasteiger partial charge on any atom is -0.493 e. The summed E-state index contributed by atoms with van der Waals surface area (Å²) in [5.41, 5.74) is 9.45. The summed E-state index contributed by atoms with van der Waals surface area (Å²) >= 11 is 0. The molecule has 6 heteroatoms. The molecule has 0 saturated heterocycles. The molecule has 0 radical (unpaired) electrons. The Kier molecular flexibility index (Phi) is 6.42. The van der Waals surface area contributed by atoms with Crippen LogP contribution in [-0.4, -0.2) is 18.7 Å². The van der Waals surface area contributed by atoms with Crippen LogP contribution in [0.25, 0.3) is 22.4 Å². The number of anilines is 1. The van der Waals surface area contributed by atoms with Crippen LogP contribution in [0.15, 0.2) is 78.9 Å². The Morgan fingerprint density at radius 1 is 0.879 bits per heavy atom. The number of ether oxygens (including phenoxy) is 3. The maximum atomic E-state index is 9.72. The first kappa shape index (κ1) is 21.7. The largest absolute Gasteiger partial charge is 0.493 e. The molecule has 0 aliphatic carbocycles. The fraction of sp³-hybridized carbons (Fsp3) is 0.111. The van der Waals surface area contributed by atoms with Gasteiger partial charge in [-0.2, -0.15) is 5.26 Å². The first-order chi connectivity index (χ1) is 16.1. The molecule has 1 aromatic heterocycles. The summed E-state index contributed by atoms with van der Waals surface area (Å²) in [5.74, 6) is 2.86. The van der Waals surface area contributed by atoms with E-state index >= 15 is 0 Å². The number of aromatic nitrogens is 1. The van der Waals surface area contributed by atoms with Gasteiger partial charge in [0.2, 0.25) is 0 Å². The van der Waals surface area contributed by atoms with Crippen molar-refractivity contribution in [3.63, 3.8) is 0 Å². The van der Waals surface area contributed by atoms with E-state index in [2.05, 4.69) is 11.1 Å². The van der Waals surface area contributed by atoms with E-state index in [1.54, 1.807) is 7.11 Å². The molecule has 0 unspecified atom stereocenters. The molecule has 4 aromatic rings. The van der Waals surface area contributed by atoms with Crippen molar-refractivity contribution in [2.45, 2.75) is 6.92 Å². The van der Waals surface area contributed by atoms with Crippen LogP contribution in [-0.2, 0) is 0 Å². The number of nitrogens with zero attached hydrogens (tertiary/aromatic N) is 2. The van der Waals surface area contributed by atoms with Crippen molar-refractivity contribution in [2.24, 2.45) is 0 Å². The lowest BCUT2D eigenvalue weighted by atomic mass is 9.98. The zero-order valence-corrected chi connectivity index (χ0v) is 18.4. The molecule has 4 rings (SSSR count). The van der Waals surface area contributed by atoms with Gasteiger partial charge in [-0.25, -0.2) is 4.98 Å². The summed E-state index contributed by atoms with van der Waals surface area (Å²) in [4.78, 5) is 4.46. The van der Waals surface area contributed by atoms with Gasteiger partial charge in [0.15, 0.2) is 11.5 Å². The van der Waals surface area contributed by atoms with Crippen LogP contribution >= 0.6 is 0 Å². The Hall–Kier alpha value is -4.50. The highest BCUT2D eigenvalue weighted by atomic mass is 16.5. The third kappa shape index (κ3) is 4.73. The first-order valence-corrected chi connectivity index (χ1v) is 10.5. The monoisotopic (exact) mass is 437 g/mol. The predicted molar refractivity (Wildman–Crippen MR) is 128 cm³/mol. The second-order valence-corrected chi connectivity index (χ2v) is 7.17. The van der Waals surface area contributed by atoms with Gasteiger partial charge in [0.25, 0.3) is 0 Å². The second kappa shape index (κ2) is 9.75. The Labute approximate surface area is 192 Å². The molecule has 0 atom stereocenters. The Bertz CT molecular complexity index is 1300. The van der Waals surface area contributed by atoms with Crippen molar-refractivity contribution in [1.29, 1.82) is 5.26 Å². The number of para-hydroxylation sites is 1. The number of pyridine rings is 1. The van der Waals surface area contributed by atoms with Gasteiger partial charge in [0.1, 0.15) is 28.9 Å². The van der Waals surface area contributed by atoms with Crippen LogP contribution in [0, 0.1) is 11.3 Å². The average Bonchev–Trinajstić information content (AvgIpc) is 2.85. The molecule has 164 valence electrons. The summed E-state index contributed by atoms with van der Waals surface area (Å²) in [6, 6.07) is 26.7. The minimum atomic E-state index is 0.169. The van der Waals surface area contributed by atoms with Crippen molar-refractivity contribution in [1.82, 2.24) is 4.98 Å². The number of hydrogen-bond donors (Lipinski definition) is 1. The molecule has 6 nitrogen and oxygen atoms in total. The Morgan fingerprint density at radius 2 is 1.58 bits per heavy atom. The number of nitriles is 1. The van der Waals surface area contributed by atoms with E-state index < -0.39 is 0 Å². The zero-order chi connectivity index (χ0) is 23.2. The average molecular weight is 437 g/mol. The van der Waals surface area contributed by atoms with E-state index in [1.807, 2.05) is 85.8 Å². The van der Waals surface area contributed by atoms with Crippen LogP contribution in [0.1, 0.15) is 12.5 Å². The fourth-order valence-corrected chi connectivity index (χ4v) is 3.49. The zero-order valence-electron chi connectivity index (χ0n) is 18.4. The maximum Gasteiger partial charge on any atom is 0.161 e. The Morgan fingerprint density at radius 3 is 2.24 bits per heavy atom. The van der Waals surface area contributed by atoms with E-state index in [4.69, 9.17) is 19.9 Å². The summed E-state index contributed by atoms with van der Waals surface area (Å²) in [6.45, 7) is 2.43.